The number of hydrogen-bond donors (Lipinski definition) is 1. The largest absolute Gasteiger partial charge is 0.484 e. The molecule has 1 fully saturated rings. The van der Waals surface area contributed by atoms with Gasteiger partial charge in [-0.15, -0.1) is 0 Å². The second-order valence-electron chi connectivity index (χ2n) is 4.20. The molecule has 0 bridgehead atoms. The average molecular weight is 270 g/mol. The number of halogens is 1. The number of nitrogens with one attached hydrogen (secondary N) is 1. The van der Waals surface area contributed by atoms with Crippen molar-refractivity contribution in [3.63, 3.8) is 0 Å². The summed E-state index contributed by atoms with van der Waals surface area (Å²) in [6.07, 6.45) is 1.74. The molecule has 1 heterocycles. The van der Waals surface area contributed by atoms with Gasteiger partial charge in [-0.1, -0.05) is 11.6 Å². The van der Waals surface area contributed by atoms with Gasteiger partial charge in [0.25, 0.3) is 5.91 Å². The summed E-state index contributed by atoms with van der Waals surface area (Å²) in [5.41, 5.74) is 0. The molecular weight excluding hydrogens is 254 g/mol. The zero-order valence-electron chi connectivity index (χ0n) is 10.0. The fraction of sp³-hybridized carbons (Fsp3) is 0.462. The van der Waals surface area contributed by atoms with E-state index in [0.29, 0.717) is 24.0 Å². The molecule has 1 aliphatic rings. The summed E-state index contributed by atoms with van der Waals surface area (Å²) in [5, 5.41) is 3.58. The van der Waals surface area contributed by atoms with Crippen LogP contribution in [0.2, 0.25) is 5.02 Å². The predicted octanol–water partition coefficient (Wildman–Crippen LogP) is 2.01. The van der Waals surface area contributed by atoms with Crippen LogP contribution >= 0.6 is 11.6 Å². The number of ether oxygens (including phenoxy) is 2. The highest BCUT2D eigenvalue weighted by Gasteiger charge is 2.16. The Labute approximate surface area is 111 Å². The van der Waals surface area contributed by atoms with Crippen molar-refractivity contribution in [2.24, 2.45) is 0 Å². The van der Waals surface area contributed by atoms with E-state index in [9.17, 15) is 4.79 Å². The molecule has 1 N–H and O–H groups in total. The molecule has 1 aromatic carbocycles. The minimum atomic E-state index is -0.100. The summed E-state index contributed by atoms with van der Waals surface area (Å²) in [6, 6.07) is 7.15. The van der Waals surface area contributed by atoms with Crippen molar-refractivity contribution in [1.82, 2.24) is 5.32 Å². The smallest absolute Gasteiger partial charge is 0.258 e. The van der Waals surface area contributed by atoms with Gasteiger partial charge in [0.05, 0.1) is 0 Å². The van der Waals surface area contributed by atoms with Crippen LogP contribution < -0.4 is 10.1 Å². The third-order valence-electron chi connectivity index (χ3n) is 2.77. The van der Waals surface area contributed by atoms with Gasteiger partial charge in [-0.2, -0.15) is 0 Å². The Balaban J connectivity index is 1.72. The van der Waals surface area contributed by atoms with Gasteiger partial charge in [-0.3, -0.25) is 4.79 Å². The fourth-order valence-electron chi connectivity index (χ4n) is 1.79. The molecule has 5 heteroatoms. The predicted molar refractivity (Wildman–Crippen MR) is 68.9 cm³/mol. The highest BCUT2D eigenvalue weighted by atomic mass is 35.5. The Morgan fingerprint density at radius 2 is 2.00 bits per heavy atom. The maximum Gasteiger partial charge on any atom is 0.258 e. The normalized spacial score (nSPS) is 16.3. The van der Waals surface area contributed by atoms with Gasteiger partial charge in [0, 0.05) is 24.3 Å². The number of benzene rings is 1. The van der Waals surface area contributed by atoms with Crippen LogP contribution in [-0.4, -0.2) is 31.8 Å². The number of carbonyl (C=O) groups is 1. The molecule has 1 aromatic rings. The average Bonchev–Trinajstić information content (AvgIpc) is 2.39. The number of carbonyl (C=O) groups excluding carboxylic acids is 1. The summed E-state index contributed by atoms with van der Waals surface area (Å²) in [4.78, 5) is 11.6. The van der Waals surface area contributed by atoms with Gasteiger partial charge in [0.15, 0.2) is 6.61 Å². The maximum absolute atomic E-state index is 11.6. The molecule has 0 unspecified atom stereocenters. The second-order valence-corrected chi connectivity index (χ2v) is 4.63. The first-order chi connectivity index (χ1) is 8.74. The van der Waals surface area contributed by atoms with Gasteiger partial charge < -0.3 is 14.8 Å². The minimum Gasteiger partial charge on any atom is -0.484 e. The first-order valence-electron chi connectivity index (χ1n) is 5.99. The summed E-state index contributed by atoms with van der Waals surface area (Å²) >= 11 is 5.76. The summed E-state index contributed by atoms with van der Waals surface area (Å²) in [5.74, 6) is 0.540. The van der Waals surface area contributed by atoms with Crippen molar-refractivity contribution < 1.29 is 14.3 Å². The Kier molecular flexibility index (Phi) is 4.84. The molecule has 0 spiro atoms. The third-order valence-corrected chi connectivity index (χ3v) is 3.02. The van der Waals surface area contributed by atoms with Crippen LogP contribution in [0.3, 0.4) is 0 Å². The van der Waals surface area contributed by atoms with Gasteiger partial charge in [-0.05, 0) is 37.1 Å². The van der Waals surface area contributed by atoms with Crippen LogP contribution in [0.25, 0.3) is 0 Å². The molecule has 4 nitrogen and oxygen atoms in total. The Hall–Kier alpha value is -1.26. The molecule has 1 amide bonds. The summed E-state index contributed by atoms with van der Waals surface area (Å²) in [7, 11) is 0. The van der Waals surface area contributed by atoms with Crippen LogP contribution in [0.5, 0.6) is 5.75 Å². The highest BCUT2D eigenvalue weighted by Crippen LogP contribution is 2.15. The Bertz CT molecular complexity index is 388. The van der Waals surface area contributed by atoms with Crippen LogP contribution in [-0.2, 0) is 9.53 Å². The van der Waals surface area contributed by atoms with E-state index in [1.807, 2.05) is 0 Å². The van der Waals surface area contributed by atoms with Crippen LogP contribution in [0.4, 0.5) is 0 Å². The molecule has 18 heavy (non-hydrogen) atoms. The van der Waals surface area contributed by atoms with Crippen LogP contribution in [0.1, 0.15) is 12.8 Å². The topological polar surface area (TPSA) is 47.6 Å². The Morgan fingerprint density at radius 1 is 1.33 bits per heavy atom. The minimum absolute atomic E-state index is 0.0268. The lowest BCUT2D eigenvalue weighted by molar-refractivity contribution is -0.124. The van der Waals surface area contributed by atoms with Crippen LogP contribution in [0, 0.1) is 0 Å². The molecule has 2 rings (SSSR count). The zero-order chi connectivity index (χ0) is 12.8. The van der Waals surface area contributed by atoms with E-state index in [1.165, 1.54) is 0 Å². The number of rotatable bonds is 4. The maximum atomic E-state index is 11.6. The lowest BCUT2D eigenvalue weighted by atomic mass is 10.1. The van der Waals surface area contributed by atoms with E-state index in [-0.39, 0.29) is 18.6 Å². The van der Waals surface area contributed by atoms with Gasteiger partial charge in [0.1, 0.15) is 5.75 Å². The van der Waals surface area contributed by atoms with Crippen molar-refractivity contribution in [3.05, 3.63) is 29.3 Å². The molecule has 98 valence electrons. The number of amides is 1. The molecule has 1 aliphatic heterocycles. The summed E-state index contributed by atoms with van der Waals surface area (Å²) in [6.45, 7) is 1.45. The zero-order valence-corrected chi connectivity index (χ0v) is 10.8. The highest BCUT2D eigenvalue weighted by molar-refractivity contribution is 6.30. The van der Waals surface area contributed by atoms with Gasteiger partial charge in [0.2, 0.25) is 0 Å². The standard InChI is InChI=1S/C13H16ClNO3/c14-10-1-3-12(4-2-10)18-9-13(16)15-11-5-7-17-8-6-11/h1-4,11H,5-9H2,(H,15,16). The van der Waals surface area contributed by atoms with E-state index in [2.05, 4.69) is 5.32 Å². The van der Waals surface area contributed by atoms with Crippen molar-refractivity contribution >= 4 is 17.5 Å². The molecule has 0 aromatic heterocycles. The van der Waals surface area contributed by atoms with Crippen molar-refractivity contribution in [2.75, 3.05) is 19.8 Å². The lowest BCUT2D eigenvalue weighted by Crippen LogP contribution is -2.41. The van der Waals surface area contributed by atoms with E-state index < -0.39 is 0 Å². The quantitative estimate of drug-likeness (QED) is 0.910. The van der Waals surface area contributed by atoms with Gasteiger partial charge >= 0.3 is 0 Å². The lowest BCUT2D eigenvalue weighted by Gasteiger charge is -2.23. The first-order valence-corrected chi connectivity index (χ1v) is 6.37. The molecule has 0 saturated carbocycles. The fourth-order valence-corrected chi connectivity index (χ4v) is 1.92. The van der Waals surface area contributed by atoms with Gasteiger partial charge in [-0.25, -0.2) is 0 Å². The van der Waals surface area contributed by atoms with E-state index >= 15 is 0 Å². The first kappa shape index (κ1) is 13.2. The third kappa shape index (κ3) is 4.20. The van der Waals surface area contributed by atoms with Crippen LogP contribution in [0.15, 0.2) is 24.3 Å². The Morgan fingerprint density at radius 3 is 2.67 bits per heavy atom. The monoisotopic (exact) mass is 269 g/mol. The molecule has 0 radical (unpaired) electrons. The molecule has 1 saturated heterocycles. The SMILES string of the molecule is O=C(COc1ccc(Cl)cc1)NC1CCOCC1. The summed E-state index contributed by atoms with van der Waals surface area (Å²) < 4.78 is 10.6. The molecule has 0 aliphatic carbocycles. The van der Waals surface area contributed by atoms with Crippen molar-refractivity contribution in [2.45, 2.75) is 18.9 Å². The molecule has 0 atom stereocenters. The molecular formula is C13H16ClNO3. The second kappa shape index (κ2) is 6.61. The van der Waals surface area contributed by atoms with Crippen molar-refractivity contribution in [1.29, 1.82) is 0 Å². The van der Waals surface area contributed by atoms with E-state index in [4.69, 9.17) is 21.1 Å². The van der Waals surface area contributed by atoms with E-state index in [1.54, 1.807) is 24.3 Å². The van der Waals surface area contributed by atoms with Crippen molar-refractivity contribution in [3.8, 4) is 5.75 Å². The van der Waals surface area contributed by atoms with E-state index in [0.717, 1.165) is 12.8 Å². The number of hydrogen-bond acceptors (Lipinski definition) is 3.